The number of benzene rings is 1. The van der Waals surface area contributed by atoms with Crippen molar-refractivity contribution in [2.75, 3.05) is 5.73 Å². The Bertz CT molecular complexity index is 512. The van der Waals surface area contributed by atoms with E-state index in [0.717, 1.165) is 11.4 Å². The first kappa shape index (κ1) is 9.39. The summed E-state index contributed by atoms with van der Waals surface area (Å²) >= 11 is 0. The first-order valence-electron chi connectivity index (χ1n) is 5.35. The minimum Gasteiger partial charge on any atom is -0.384 e. The number of halogens is 1. The van der Waals surface area contributed by atoms with Crippen molar-refractivity contribution in [1.82, 2.24) is 9.78 Å². The van der Waals surface area contributed by atoms with E-state index in [9.17, 15) is 4.39 Å². The maximum atomic E-state index is 12.8. The van der Waals surface area contributed by atoms with Crippen molar-refractivity contribution in [2.45, 2.75) is 18.8 Å². The summed E-state index contributed by atoms with van der Waals surface area (Å²) in [4.78, 5) is 0. The zero-order chi connectivity index (χ0) is 11.1. The lowest BCUT2D eigenvalue weighted by atomic mass is 10.3. The molecule has 3 rings (SSSR count). The predicted octanol–water partition coefficient (Wildman–Crippen LogP) is 2.47. The Balaban J connectivity index is 2.01. The number of nitrogens with two attached hydrogens (primary N) is 1. The van der Waals surface area contributed by atoms with Gasteiger partial charge in [-0.3, -0.25) is 0 Å². The molecule has 0 amide bonds. The van der Waals surface area contributed by atoms with E-state index in [2.05, 4.69) is 5.10 Å². The molecule has 4 heteroatoms. The molecule has 0 radical (unpaired) electrons. The van der Waals surface area contributed by atoms with E-state index in [-0.39, 0.29) is 5.82 Å². The molecule has 16 heavy (non-hydrogen) atoms. The monoisotopic (exact) mass is 217 g/mol. The highest BCUT2D eigenvalue weighted by molar-refractivity contribution is 5.44. The van der Waals surface area contributed by atoms with Crippen LogP contribution in [-0.2, 0) is 0 Å². The second kappa shape index (κ2) is 3.33. The number of aromatic nitrogens is 2. The molecular weight excluding hydrogens is 205 g/mol. The van der Waals surface area contributed by atoms with Gasteiger partial charge in [-0.1, -0.05) is 0 Å². The van der Waals surface area contributed by atoms with E-state index in [4.69, 9.17) is 5.73 Å². The summed E-state index contributed by atoms with van der Waals surface area (Å²) in [5, 5.41) is 4.44. The first-order chi connectivity index (χ1) is 7.74. The summed E-state index contributed by atoms with van der Waals surface area (Å²) in [6, 6.07) is 8.08. The fraction of sp³-hybridized carbons (Fsp3) is 0.250. The lowest BCUT2D eigenvalue weighted by Gasteiger charge is -2.02. The van der Waals surface area contributed by atoms with Gasteiger partial charge in [0.2, 0.25) is 0 Å². The normalized spacial score (nSPS) is 15.3. The molecule has 82 valence electrons. The van der Waals surface area contributed by atoms with Crippen molar-refractivity contribution in [1.29, 1.82) is 0 Å². The maximum Gasteiger partial charge on any atom is 0.127 e. The topological polar surface area (TPSA) is 43.8 Å². The number of hydrogen-bond donors (Lipinski definition) is 1. The van der Waals surface area contributed by atoms with Crippen LogP contribution >= 0.6 is 0 Å². The lowest BCUT2D eigenvalue weighted by molar-refractivity contribution is 0.627. The van der Waals surface area contributed by atoms with Gasteiger partial charge in [-0.2, -0.15) is 5.10 Å². The van der Waals surface area contributed by atoms with Crippen LogP contribution < -0.4 is 5.73 Å². The third-order valence-electron chi connectivity index (χ3n) is 2.82. The number of nitrogens with zero attached hydrogens (tertiary/aromatic N) is 2. The van der Waals surface area contributed by atoms with Gasteiger partial charge in [-0.25, -0.2) is 9.07 Å². The van der Waals surface area contributed by atoms with Crippen LogP contribution in [0.1, 0.15) is 24.5 Å². The van der Waals surface area contributed by atoms with Crippen molar-refractivity contribution in [3.05, 3.63) is 41.8 Å². The van der Waals surface area contributed by atoms with Gasteiger partial charge in [0.25, 0.3) is 0 Å². The standard InChI is InChI=1S/C12H12FN3/c13-9-3-5-10(6-4-9)16-12(14)7-11(15-16)8-1-2-8/h3-8H,1-2,14H2. The molecule has 2 aromatic rings. The molecule has 0 aliphatic heterocycles. The van der Waals surface area contributed by atoms with Crippen molar-refractivity contribution < 1.29 is 4.39 Å². The average Bonchev–Trinajstić information content (AvgIpc) is 3.04. The molecule has 3 nitrogen and oxygen atoms in total. The molecule has 1 fully saturated rings. The molecule has 1 heterocycles. The zero-order valence-corrected chi connectivity index (χ0v) is 8.73. The summed E-state index contributed by atoms with van der Waals surface area (Å²) in [6.07, 6.45) is 2.39. The van der Waals surface area contributed by atoms with Crippen molar-refractivity contribution in [3.63, 3.8) is 0 Å². The van der Waals surface area contributed by atoms with Gasteiger partial charge in [-0.15, -0.1) is 0 Å². The van der Waals surface area contributed by atoms with E-state index >= 15 is 0 Å². The summed E-state index contributed by atoms with van der Waals surface area (Å²) < 4.78 is 14.4. The molecule has 0 bridgehead atoms. The molecule has 1 aliphatic carbocycles. The van der Waals surface area contributed by atoms with Crippen LogP contribution in [0.5, 0.6) is 0 Å². The van der Waals surface area contributed by atoms with E-state index in [1.165, 1.54) is 25.0 Å². The lowest BCUT2D eigenvalue weighted by Crippen LogP contribution is -2.01. The predicted molar refractivity (Wildman–Crippen MR) is 59.9 cm³/mol. The van der Waals surface area contributed by atoms with Crippen LogP contribution in [0.4, 0.5) is 10.2 Å². The number of rotatable bonds is 2. The highest BCUT2D eigenvalue weighted by Gasteiger charge is 2.27. The molecule has 1 aliphatic rings. The Labute approximate surface area is 92.7 Å². The van der Waals surface area contributed by atoms with E-state index < -0.39 is 0 Å². The fourth-order valence-corrected chi connectivity index (χ4v) is 1.78. The smallest absolute Gasteiger partial charge is 0.127 e. The van der Waals surface area contributed by atoms with E-state index in [1.807, 2.05) is 6.07 Å². The molecule has 0 unspecified atom stereocenters. The Morgan fingerprint density at radius 3 is 2.56 bits per heavy atom. The molecule has 1 aromatic heterocycles. The van der Waals surface area contributed by atoms with Crippen LogP contribution in [0.15, 0.2) is 30.3 Å². The van der Waals surface area contributed by atoms with E-state index in [0.29, 0.717) is 11.7 Å². The van der Waals surface area contributed by atoms with Gasteiger partial charge < -0.3 is 5.73 Å². The Morgan fingerprint density at radius 1 is 1.25 bits per heavy atom. The minimum absolute atomic E-state index is 0.253. The highest BCUT2D eigenvalue weighted by Crippen LogP contribution is 2.40. The minimum atomic E-state index is -0.253. The van der Waals surface area contributed by atoms with Crippen LogP contribution in [0, 0.1) is 5.82 Å². The first-order valence-corrected chi connectivity index (χ1v) is 5.35. The Hall–Kier alpha value is -1.84. The van der Waals surface area contributed by atoms with Gasteiger partial charge in [0.1, 0.15) is 11.6 Å². The molecular formula is C12H12FN3. The quantitative estimate of drug-likeness (QED) is 0.839. The fourth-order valence-electron chi connectivity index (χ4n) is 1.78. The zero-order valence-electron chi connectivity index (χ0n) is 8.73. The van der Waals surface area contributed by atoms with Gasteiger partial charge in [-0.05, 0) is 37.1 Å². The largest absolute Gasteiger partial charge is 0.384 e. The number of anilines is 1. The molecule has 0 saturated heterocycles. The van der Waals surface area contributed by atoms with Crippen LogP contribution in [-0.4, -0.2) is 9.78 Å². The van der Waals surface area contributed by atoms with Crippen LogP contribution in [0.3, 0.4) is 0 Å². The van der Waals surface area contributed by atoms with Crippen molar-refractivity contribution >= 4 is 5.82 Å². The second-order valence-electron chi connectivity index (χ2n) is 4.16. The van der Waals surface area contributed by atoms with Gasteiger partial charge in [0, 0.05) is 12.0 Å². The van der Waals surface area contributed by atoms with Crippen LogP contribution in [0.2, 0.25) is 0 Å². The van der Waals surface area contributed by atoms with Crippen molar-refractivity contribution in [2.24, 2.45) is 0 Å². The molecule has 0 atom stereocenters. The second-order valence-corrected chi connectivity index (χ2v) is 4.16. The van der Waals surface area contributed by atoms with Crippen molar-refractivity contribution in [3.8, 4) is 5.69 Å². The third kappa shape index (κ3) is 1.56. The average molecular weight is 217 g/mol. The maximum absolute atomic E-state index is 12.8. The Morgan fingerprint density at radius 2 is 1.94 bits per heavy atom. The molecule has 1 saturated carbocycles. The van der Waals surface area contributed by atoms with Gasteiger partial charge in [0.05, 0.1) is 11.4 Å². The van der Waals surface area contributed by atoms with Gasteiger partial charge >= 0.3 is 0 Å². The molecule has 2 N–H and O–H groups in total. The number of hydrogen-bond acceptors (Lipinski definition) is 2. The summed E-state index contributed by atoms with van der Waals surface area (Å²) in [5.74, 6) is 0.925. The third-order valence-corrected chi connectivity index (χ3v) is 2.82. The van der Waals surface area contributed by atoms with Gasteiger partial charge in [0.15, 0.2) is 0 Å². The summed E-state index contributed by atoms with van der Waals surface area (Å²) in [7, 11) is 0. The summed E-state index contributed by atoms with van der Waals surface area (Å²) in [6.45, 7) is 0. The van der Waals surface area contributed by atoms with E-state index in [1.54, 1.807) is 16.8 Å². The molecule has 0 spiro atoms. The molecule has 1 aromatic carbocycles. The Kier molecular flexibility index (Phi) is 1.96. The highest BCUT2D eigenvalue weighted by atomic mass is 19.1. The van der Waals surface area contributed by atoms with Crippen LogP contribution in [0.25, 0.3) is 5.69 Å². The summed E-state index contributed by atoms with van der Waals surface area (Å²) in [5.41, 5.74) is 7.72. The number of nitrogen functional groups attached to an aromatic ring is 1. The SMILES string of the molecule is Nc1cc(C2CC2)nn1-c1ccc(F)cc1.